The summed E-state index contributed by atoms with van der Waals surface area (Å²) in [6.07, 6.45) is 0.844. The molecule has 3 heterocycles. The number of nitrogens with zero attached hydrogens (tertiary/aromatic N) is 7. The molecule has 0 fully saturated rings. The molecule has 0 saturated carbocycles. The van der Waals surface area contributed by atoms with E-state index in [1.165, 1.54) is 18.2 Å². The molecule has 1 aromatic carbocycles. The Balaban J connectivity index is 1.98. The van der Waals surface area contributed by atoms with E-state index >= 15 is 0 Å². The molecule has 4 aromatic rings. The molecule has 0 amide bonds. The van der Waals surface area contributed by atoms with Crippen molar-refractivity contribution in [1.82, 2.24) is 34.6 Å². The van der Waals surface area contributed by atoms with E-state index in [-0.39, 0.29) is 17.0 Å². The van der Waals surface area contributed by atoms with Crippen molar-refractivity contribution in [1.29, 1.82) is 0 Å². The lowest BCUT2D eigenvalue weighted by Crippen LogP contribution is -2.20. The molecule has 1 N–H and O–H groups in total. The first kappa shape index (κ1) is 9.88. The Morgan fingerprint density at radius 2 is 2.17 bits per heavy atom. The van der Waals surface area contributed by atoms with E-state index in [1.54, 1.807) is 0 Å². The average Bonchev–Trinajstić information content (AvgIpc) is 3.42. The van der Waals surface area contributed by atoms with Crippen molar-refractivity contribution < 1.29 is 29.3 Å². The van der Waals surface area contributed by atoms with Gasteiger partial charge in [0.25, 0.3) is 0 Å². The lowest BCUT2D eigenvalue weighted by Gasteiger charge is -2.20. The van der Waals surface area contributed by atoms with Crippen molar-refractivity contribution in [2.45, 2.75) is 39.3 Å². The third-order valence-electron chi connectivity index (χ3n) is 3.87. The zero-order valence-corrected chi connectivity index (χ0v) is 14.5. The molecule has 0 radical (unpaired) electrons. The Morgan fingerprint density at radius 3 is 2.97 bits per heavy atom. The minimum absolute atomic E-state index is 0.122. The van der Waals surface area contributed by atoms with E-state index in [4.69, 9.17) is 19.8 Å². The second-order valence-corrected chi connectivity index (χ2v) is 5.79. The van der Waals surface area contributed by atoms with E-state index in [2.05, 4.69) is 25.4 Å². The highest BCUT2D eigenvalue weighted by Crippen LogP contribution is 2.31. The summed E-state index contributed by atoms with van der Waals surface area (Å²) in [6.45, 7) is -13.8. The standard InChI is InChI=1S/C19H20FN7O2/c1-4-26-16(21-11-22-26)10-29-18-13(19(2,3)28)9-15-23-24-17(27(15)25-18)12-7-5-6-8-14(12)20/h5-9,11,28H,4,10H2,1-3H3/i1D3,2D3,3D3,10D2. The molecule has 0 atom stereocenters. The largest absolute Gasteiger partial charge is 0.468 e. The lowest BCUT2D eigenvalue weighted by molar-refractivity contribution is 0.0729. The highest BCUT2D eigenvalue weighted by Gasteiger charge is 2.26. The van der Waals surface area contributed by atoms with Crippen molar-refractivity contribution in [3.8, 4) is 17.3 Å². The molecular formula is C19H20FN7O2. The number of ether oxygens (including phenoxy) is 1. The van der Waals surface area contributed by atoms with Crippen LogP contribution in [0.15, 0.2) is 36.7 Å². The van der Waals surface area contributed by atoms with Gasteiger partial charge in [-0.2, -0.15) is 9.61 Å². The second-order valence-electron chi connectivity index (χ2n) is 5.79. The summed E-state index contributed by atoms with van der Waals surface area (Å²) in [6, 6.07) is 6.07. The van der Waals surface area contributed by atoms with Gasteiger partial charge in [-0.3, -0.25) is 0 Å². The number of benzene rings is 1. The van der Waals surface area contributed by atoms with Crippen LogP contribution in [0.3, 0.4) is 0 Å². The van der Waals surface area contributed by atoms with Gasteiger partial charge in [0.2, 0.25) is 5.88 Å². The van der Waals surface area contributed by atoms with Crippen LogP contribution in [0.4, 0.5) is 4.39 Å². The van der Waals surface area contributed by atoms with E-state index in [0.29, 0.717) is 4.68 Å². The molecular weight excluding hydrogens is 377 g/mol. The van der Waals surface area contributed by atoms with Crippen molar-refractivity contribution >= 4 is 5.65 Å². The molecule has 29 heavy (non-hydrogen) atoms. The second kappa shape index (κ2) is 7.21. The van der Waals surface area contributed by atoms with Crippen LogP contribution in [0.2, 0.25) is 0 Å². The number of rotatable bonds is 6. The van der Waals surface area contributed by atoms with E-state index < -0.39 is 62.3 Å². The van der Waals surface area contributed by atoms with Gasteiger partial charge >= 0.3 is 0 Å². The molecule has 0 aliphatic rings. The first-order chi connectivity index (χ1) is 18.3. The van der Waals surface area contributed by atoms with Crippen LogP contribution in [-0.4, -0.2) is 39.7 Å². The van der Waals surface area contributed by atoms with Crippen LogP contribution in [-0.2, 0) is 18.7 Å². The molecule has 0 aliphatic heterocycles. The van der Waals surface area contributed by atoms with Gasteiger partial charge < -0.3 is 9.84 Å². The van der Waals surface area contributed by atoms with Crippen LogP contribution in [0.1, 0.15) is 47.0 Å². The molecule has 0 saturated heterocycles. The van der Waals surface area contributed by atoms with Crippen molar-refractivity contribution in [3.05, 3.63) is 53.9 Å². The summed E-state index contributed by atoms with van der Waals surface area (Å²) < 4.78 is 108. The van der Waals surface area contributed by atoms with E-state index in [9.17, 15) is 9.50 Å². The van der Waals surface area contributed by atoms with Crippen molar-refractivity contribution in [2.24, 2.45) is 0 Å². The molecule has 150 valence electrons. The maximum atomic E-state index is 14.5. The van der Waals surface area contributed by atoms with Gasteiger partial charge in [-0.15, -0.1) is 15.3 Å². The Labute approximate surface area is 181 Å². The van der Waals surface area contributed by atoms with Crippen LogP contribution in [0.25, 0.3) is 17.0 Å². The highest BCUT2D eigenvalue weighted by atomic mass is 19.1. The van der Waals surface area contributed by atoms with Crippen LogP contribution >= 0.6 is 0 Å². The number of fused-ring (bicyclic) bond motifs is 1. The normalized spacial score (nSPS) is 19.3. The zero-order chi connectivity index (χ0) is 29.9. The molecule has 0 spiro atoms. The van der Waals surface area contributed by atoms with Gasteiger partial charge in [0, 0.05) is 18.9 Å². The quantitative estimate of drug-likeness (QED) is 0.522. The van der Waals surface area contributed by atoms with Crippen molar-refractivity contribution in [3.63, 3.8) is 0 Å². The fourth-order valence-corrected chi connectivity index (χ4v) is 2.51. The molecule has 0 unspecified atom stereocenters. The monoisotopic (exact) mass is 408 g/mol. The topological polar surface area (TPSA) is 103 Å². The Bertz CT molecular complexity index is 1530. The number of halogens is 1. The maximum Gasteiger partial charge on any atom is 0.238 e. The SMILES string of the molecule is [2H]C([2H])([2H])Cn1ncnc1C([2H])([2H])Oc1nn2c(-c3ccccc3F)nnc2cc1C(O)(C([2H])([2H])[2H])C([2H])([2H])[2H]. The summed E-state index contributed by atoms with van der Waals surface area (Å²) in [4.78, 5) is 3.69. The zero-order valence-electron chi connectivity index (χ0n) is 25.5. The predicted octanol–water partition coefficient (Wildman–Crippen LogP) is 2.35. The van der Waals surface area contributed by atoms with Gasteiger partial charge in [-0.25, -0.2) is 14.1 Å². The molecule has 0 bridgehead atoms. The van der Waals surface area contributed by atoms with Crippen LogP contribution < -0.4 is 4.74 Å². The molecule has 3 aromatic heterocycles. The Hall–Kier alpha value is -3.40. The maximum absolute atomic E-state index is 14.5. The fourth-order valence-electron chi connectivity index (χ4n) is 2.51. The van der Waals surface area contributed by atoms with Crippen LogP contribution in [0, 0.1) is 5.82 Å². The third-order valence-corrected chi connectivity index (χ3v) is 3.87. The smallest absolute Gasteiger partial charge is 0.238 e. The minimum Gasteiger partial charge on any atom is -0.468 e. The minimum atomic E-state index is -3.67. The fraction of sp³-hybridized carbons (Fsp3) is 0.316. The van der Waals surface area contributed by atoms with E-state index in [1.807, 2.05) is 0 Å². The summed E-state index contributed by atoms with van der Waals surface area (Å²) in [5.74, 6) is -2.75. The first-order valence-corrected chi connectivity index (χ1v) is 8.08. The highest BCUT2D eigenvalue weighted by molar-refractivity contribution is 5.60. The molecule has 0 aliphatic carbocycles. The molecule has 10 heteroatoms. The summed E-state index contributed by atoms with van der Waals surface area (Å²) >= 11 is 0. The number of aliphatic hydroxyl groups is 1. The van der Waals surface area contributed by atoms with Gasteiger partial charge in [0.05, 0.1) is 19.5 Å². The summed E-state index contributed by atoms with van der Waals surface area (Å²) in [7, 11) is 0. The predicted molar refractivity (Wildman–Crippen MR) is 101 cm³/mol. The number of aromatic nitrogens is 7. The third kappa shape index (κ3) is 3.54. The van der Waals surface area contributed by atoms with Crippen LogP contribution in [0.5, 0.6) is 5.88 Å². The lowest BCUT2D eigenvalue weighted by atomic mass is 10.0. The van der Waals surface area contributed by atoms with Gasteiger partial charge in [0.15, 0.2) is 17.3 Å². The number of aryl methyl sites for hydroxylation is 1. The van der Waals surface area contributed by atoms with Gasteiger partial charge in [0.1, 0.15) is 18.7 Å². The van der Waals surface area contributed by atoms with E-state index in [0.717, 1.165) is 23.0 Å². The first-order valence-electron chi connectivity index (χ1n) is 13.6. The summed E-state index contributed by atoms with van der Waals surface area (Å²) in [5, 5.41) is 26.5. The Kier molecular flexibility index (Phi) is 2.46. The number of hydrogen-bond donors (Lipinski definition) is 1. The molecule has 4 rings (SSSR count). The average molecular weight is 408 g/mol. The number of hydrogen-bond acceptors (Lipinski definition) is 7. The molecule has 9 nitrogen and oxygen atoms in total. The van der Waals surface area contributed by atoms with Crippen molar-refractivity contribution in [2.75, 3.05) is 0 Å². The van der Waals surface area contributed by atoms with Gasteiger partial charge in [-0.05, 0) is 38.8 Å². The summed E-state index contributed by atoms with van der Waals surface area (Å²) in [5.41, 5.74) is -5.14. The Morgan fingerprint density at radius 1 is 1.31 bits per heavy atom. The van der Waals surface area contributed by atoms with Gasteiger partial charge in [-0.1, -0.05) is 12.1 Å².